The fourth-order valence-electron chi connectivity index (χ4n) is 4.52. The minimum Gasteiger partial charge on any atom is -0.493 e. The Labute approximate surface area is 210 Å². The van der Waals surface area contributed by atoms with Crippen LogP contribution in [-0.2, 0) is 0 Å². The molecule has 1 fully saturated rings. The number of amides is 1. The van der Waals surface area contributed by atoms with Crippen molar-refractivity contribution in [3.05, 3.63) is 72.3 Å². The van der Waals surface area contributed by atoms with Gasteiger partial charge in [-0.2, -0.15) is 0 Å². The van der Waals surface area contributed by atoms with E-state index in [1.54, 1.807) is 19.2 Å². The smallest absolute Gasteiger partial charge is 0.254 e. The summed E-state index contributed by atoms with van der Waals surface area (Å²) in [6.45, 7) is 2.48. The maximum absolute atomic E-state index is 13.2. The highest BCUT2D eigenvalue weighted by Crippen LogP contribution is 2.38. The summed E-state index contributed by atoms with van der Waals surface area (Å²) in [5, 5.41) is 11.3. The van der Waals surface area contributed by atoms with Crippen molar-refractivity contribution in [1.29, 1.82) is 0 Å². The van der Waals surface area contributed by atoms with Crippen molar-refractivity contribution in [2.45, 2.75) is 0 Å². The van der Waals surface area contributed by atoms with Crippen LogP contribution in [0.1, 0.15) is 10.4 Å². The molecule has 1 saturated heterocycles. The molecule has 8 heteroatoms. The van der Waals surface area contributed by atoms with Crippen molar-refractivity contribution in [3.8, 4) is 28.5 Å². The lowest BCUT2D eigenvalue weighted by molar-refractivity contribution is 0.0745. The van der Waals surface area contributed by atoms with Crippen LogP contribution in [0.15, 0.2) is 66.7 Å². The van der Waals surface area contributed by atoms with E-state index in [0.717, 1.165) is 17.1 Å². The lowest BCUT2D eigenvalue weighted by atomic mass is 10.1. The van der Waals surface area contributed by atoms with Gasteiger partial charge in [0.1, 0.15) is 0 Å². The SMILES string of the molecule is COc1cc(C(=O)N2CCN(c3ccc(-c4ccc5ccccc5c4)nn3)CC2)cc(OC)c1OC. The second-order valence-electron chi connectivity index (χ2n) is 8.53. The van der Waals surface area contributed by atoms with Crippen LogP contribution in [0, 0.1) is 0 Å². The number of rotatable bonds is 6. The van der Waals surface area contributed by atoms with E-state index in [1.165, 1.54) is 25.0 Å². The van der Waals surface area contributed by atoms with Crippen molar-refractivity contribution in [3.63, 3.8) is 0 Å². The summed E-state index contributed by atoms with van der Waals surface area (Å²) in [5.74, 6) is 2.11. The molecule has 2 heterocycles. The van der Waals surface area contributed by atoms with Gasteiger partial charge in [0.2, 0.25) is 5.75 Å². The van der Waals surface area contributed by atoms with Crippen LogP contribution < -0.4 is 19.1 Å². The summed E-state index contributed by atoms with van der Waals surface area (Å²) >= 11 is 0. The largest absolute Gasteiger partial charge is 0.493 e. The molecule has 8 nitrogen and oxygen atoms in total. The average molecular weight is 485 g/mol. The molecule has 184 valence electrons. The van der Waals surface area contributed by atoms with E-state index in [9.17, 15) is 4.79 Å². The third-order valence-corrected chi connectivity index (χ3v) is 6.50. The zero-order chi connectivity index (χ0) is 25.1. The molecule has 1 aromatic heterocycles. The van der Waals surface area contributed by atoms with Gasteiger partial charge in [-0.15, -0.1) is 10.2 Å². The number of nitrogens with zero attached hydrogens (tertiary/aromatic N) is 4. The summed E-state index contributed by atoms with van der Waals surface area (Å²) in [4.78, 5) is 17.2. The highest BCUT2D eigenvalue weighted by Gasteiger charge is 2.25. The molecule has 0 atom stereocenters. The van der Waals surface area contributed by atoms with Crippen molar-refractivity contribution in [2.24, 2.45) is 0 Å². The molecule has 1 amide bonds. The maximum Gasteiger partial charge on any atom is 0.254 e. The Bertz CT molecular complexity index is 1360. The van der Waals surface area contributed by atoms with E-state index in [4.69, 9.17) is 14.2 Å². The minimum absolute atomic E-state index is 0.0772. The first-order valence-corrected chi connectivity index (χ1v) is 11.8. The lowest BCUT2D eigenvalue weighted by Crippen LogP contribution is -2.49. The number of fused-ring (bicyclic) bond motifs is 1. The summed E-state index contributed by atoms with van der Waals surface area (Å²) in [6.07, 6.45) is 0. The Kier molecular flexibility index (Phi) is 6.58. The summed E-state index contributed by atoms with van der Waals surface area (Å²) in [6, 6.07) is 21.9. The average Bonchev–Trinajstić information content (AvgIpc) is 2.95. The molecular formula is C28H28N4O4. The Morgan fingerprint density at radius 2 is 1.44 bits per heavy atom. The molecule has 3 aromatic carbocycles. The first kappa shape index (κ1) is 23.4. The van der Waals surface area contributed by atoms with E-state index >= 15 is 0 Å². The van der Waals surface area contributed by atoms with Crippen LogP contribution in [0.25, 0.3) is 22.0 Å². The quantitative estimate of drug-likeness (QED) is 0.404. The van der Waals surface area contributed by atoms with Gasteiger partial charge in [-0.1, -0.05) is 36.4 Å². The molecule has 0 bridgehead atoms. The molecule has 0 aliphatic carbocycles. The molecule has 0 radical (unpaired) electrons. The van der Waals surface area contributed by atoms with Crippen LogP contribution in [0.2, 0.25) is 0 Å². The first-order chi connectivity index (χ1) is 17.6. The predicted octanol–water partition coefficient (Wildman–Crippen LogP) is 4.29. The van der Waals surface area contributed by atoms with Crippen molar-refractivity contribution in [1.82, 2.24) is 15.1 Å². The van der Waals surface area contributed by atoms with Crippen LogP contribution in [0.3, 0.4) is 0 Å². The van der Waals surface area contributed by atoms with Crippen LogP contribution in [-0.4, -0.2) is 68.5 Å². The van der Waals surface area contributed by atoms with Gasteiger partial charge in [0.05, 0.1) is 27.0 Å². The third kappa shape index (κ3) is 4.49. The minimum atomic E-state index is -0.0772. The monoisotopic (exact) mass is 484 g/mol. The number of hydrogen-bond donors (Lipinski definition) is 0. The van der Waals surface area contributed by atoms with Gasteiger partial charge in [0.25, 0.3) is 5.91 Å². The van der Waals surface area contributed by atoms with Gasteiger partial charge < -0.3 is 24.0 Å². The molecular weight excluding hydrogens is 456 g/mol. The van der Waals surface area contributed by atoms with Crippen LogP contribution >= 0.6 is 0 Å². The van der Waals surface area contributed by atoms with Gasteiger partial charge >= 0.3 is 0 Å². The number of methoxy groups -OCH3 is 3. The highest BCUT2D eigenvalue weighted by atomic mass is 16.5. The Hall–Kier alpha value is -4.33. The first-order valence-electron chi connectivity index (χ1n) is 11.8. The molecule has 1 aliphatic heterocycles. The molecule has 36 heavy (non-hydrogen) atoms. The summed E-state index contributed by atoms with van der Waals surface area (Å²) < 4.78 is 16.2. The molecule has 0 unspecified atom stereocenters. The second kappa shape index (κ2) is 10.1. The van der Waals surface area contributed by atoms with Gasteiger partial charge in [-0.05, 0) is 41.1 Å². The van der Waals surface area contributed by atoms with Gasteiger partial charge in [0.15, 0.2) is 17.3 Å². The molecule has 1 aliphatic rings. The topological polar surface area (TPSA) is 77.0 Å². The van der Waals surface area contributed by atoms with E-state index in [1.807, 2.05) is 29.2 Å². The number of carbonyl (C=O) groups is 1. The van der Waals surface area contributed by atoms with Crippen molar-refractivity contribution >= 4 is 22.5 Å². The number of aromatic nitrogens is 2. The Morgan fingerprint density at radius 3 is 2.06 bits per heavy atom. The fraction of sp³-hybridized carbons (Fsp3) is 0.250. The molecule has 4 aromatic rings. The number of carbonyl (C=O) groups excluding carboxylic acids is 1. The molecule has 0 spiro atoms. The zero-order valence-corrected chi connectivity index (χ0v) is 20.6. The zero-order valence-electron chi connectivity index (χ0n) is 20.6. The van der Waals surface area contributed by atoms with E-state index < -0.39 is 0 Å². The normalized spacial score (nSPS) is 13.5. The van der Waals surface area contributed by atoms with E-state index in [0.29, 0.717) is 49.0 Å². The van der Waals surface area contributed by atoms with E-state index in [2.05, 4.69) is 45.4 Å². The number of anilines is 1. The number of hydrogen-bond acceptors (Lipinski definition) is 7. The number of benzene rings is 3. The van der Waals surface area contributed by atoms with Crippen molar-refractivity contribution in [2.75, 3.05) is 52.4 Å². The Balaban J connectivity index is 1.26. The highest BCUT2D eigenvalue weighted by molar-refractivity contribution is 5.96. The second-order valence-corrected chi connectivity index (χ2v) is 8.53. The molecule has 0 saturated carbocycles. The third-order valence-electron chi connectivity index (χ3n) is 6.50. The maximum atomic E-state index is 13.2. The fourth-order valence-corrected chi connectivity index (χ4v) is 4.52. The van der Waals surface area contributed by atoms with Crippen LogP contribution in [0.4, 0.5) is 5.82 Å². The van der Waals surface area contributed by atoms with Gasteiger partial charge in [-0.3, -0.25) is 4.79 Å². The number of piperazine rings is 1. The predicted molar refractivity (Wildman–Crippen MR) is 139 cm³/mol. The van der Waals surface area contributed by atoms with E-state index in [-0.39, 0.29) is 5.91 Å². The van der Waals surface area contributed by atoms with Gasteiger partial charge in [0, 0.05) is 37.3 Å². The Morgan fingerprint density at radius 1 is 0.750 bits per heavy atom. The standard InChI is InChI=1S/C28H28N4O4/c1-34-24-17-22(18-25(35-2)27(24)36-3)28(33)32-14-12-31(13-15-32)26-11-10-23(29-30-26)21-9-8-19-6-4-5-7-20(19)16-21/h4-11,16-18H,12-15H2,1-3H3. The van der Waals surface area contributed by atoms with Gasteiger partial charge in [-0.25, -0.2) is 0 Å². The number of ether oxygens (including phenoxy) is 3. The lowest BCUT2D eigenvalue weighted by Gasteiger charge is -2.35. The van der Waals surface area contributed by atoms with Crippen molar-refractivity contribution < 1.29 is 19.0 Å². The summed E-state index contributed by atoms with van der Waals surface area (Å²) in [7, 11) is 4.62. The summed E-state index contributed by atoms with van der Waals surface area (Å²) in [5.41, 5.74) is 2.37. The van der Waals surface area contributed by atoms with Crippen LogP contribution in [0.5, 0.6) is 17.2 Å². The molecule has 0 N–H and O–H groups in total. The molecule has 5 rings (SSSR count).